The van der Waals surface area contributed by atoms with E-state index in [0.29, 0.717) is 29.4 Å². The minimum absolute atomic E-state index is 0.0903. The Morgan fingerprint density at radius 2 is 2.37 bits per heavy atom. The largest absolute Gasteiger partial charge is 0.397 e. The maximum atomic E-state index is 11.8. The molecule has 0 atom stereocenters. The van der Waals surface area contributed by atoms with Gasteiger partial charge in [-0.1, -0.05) is 5.16 Å². The number of carbonyl (C=O) groups excluding carboxylic acids is 1. The lowest BCUT2D eigenvalue weighted by Crippen LogP contribution is -2.21. The second-order valence-electron chi connectivity index (χ2n) is 4.11. The number of rotatable bonds is 5. The molecular formula is C11H15N5O2S. The molecule has 0 saturated carbocycles. The van der Waals surface area contributed by atoms with Gasteiger partial charge in [0.25, 0.3) is 5.91 Å². The zero-order valence-corrected chi connectivity index (χ0v) is 11.5. The average Bonchev–Trinajstić information content (AvgIpc) is 2.98. The summed E-state index contributed by atoms with van der Waals surface area (Å²) in [6, 6.07) is 1.76. The van der Waals surface area contributed by atoms with Crippen molar-refractivity contribution >= 4 is 27.9 Å². The molecule has 2 aromatic heterocycles. The Kier molecular flexibility index (Phi) is 4.00. The van der Waals surface area contributed by atoms with E-state index in [-0.39, 0.29) is 5.91 Å². The number of nitrogens with two attached hydrogens (primary N) is 1. The molecule has 2 aromatic rings. The first-order chi connectivity index (χ1) is 9.08. The molecule has 102 valence electrons. The van der Waals surface area contributed by atoms with Crippen molar-refractivity contribution in [2.75, 3.05) is 31.7 Å². The second-order valence-corrected chi connectivity index (χ2v) is 5.16. The summed E-state index contributed by atoms with van der Waals surface area (Å²) >= 11 is 1.34. The van der Waals surface area contributed by atoms with Gasteiger partial charge in [-0.25, -0.2) is 0 Å². The molecule has 0 aliphatic carbocycles. The fourth-order valence-corrected chi connectivity index (χ4v) is 2.49. The number of nitrogens with zero attached hydrogens (tertiary/aromatic N) is 3. The Morgan fingerprint density at radius 1 is 1.58 bits per heavy atom. The van der Waals surface area contributed by atoms with Crippen molar-refractivity contribution < 1.29 is 9.32 Å². The van der Waals surface area contributed by atoms with Gasteiger partial charge in [0.2, 0.25) is 5.89 Å². The lowest BCUT2D eigenvalue weighted by molar-refractivity contribution is 0.0833. The number of nitrogen functional groups attached to an aromatic ring is 1. The van der Waals surface area contributed by atoms with Crippen LogP contribution in [0.25, 0.3) is 0 Å². The topological polar surface area (TPSA) is 97.3 Å². The standard InChI is InChI=1S/C11H15N5O2S/c1-16(2)11(17)10-7(12)5-9(19-10)13-4-3-8-14-6-15-18-8/h5-6,13H,3-4,12H2,1-2H3. The number of amides is 1. The lowest BCUT2D eigenvalue weighted by atomic mass is 10.3. The maximum absolute atomic E-state index is 11.8. The van der Waals surface area contributed by atoms with Crippen molar-refractivity contribution in [1.82, 2.24) is 15.0 Å². The van der Waals surface area contributed by atoms with E-state index in [1.807, 2.05) is 0 Å². The van der Waals surface area contributed by atoms with Crippen molar-refractivity contribution in [3.05, 3.63) is 23.2 Å². The summed E-state index contributed by atoms with van der Waals surface area (Å²) in [5.74, 6) is 0.481. The van der Waals surface area contributed by atoms with Gasteiger partial charge in [0.1, 0.15) is 4.88 Å². The zero-order valence-electron chi connectivity index (χ0n) is 10.7. The molecule has 0 aliphatic rings. The Morgan fingerprint density at radius 3 is 3.00 bits per heavy atom. The Bertz CT molecular complexity index is 549. The number of nitrogens with one attached hydrogen (secondary N) is 1. The maximum Gasteiger partial charge on any atom is 0.265 e. The summed E-state index contributed by atoms with van der Waals surface area (Å²) in [6.45, 7) is 0.637. The molecule has 3 N–H and O–H groups in total. The van der Waals surface area contributed by atoms with Gasteiger partial charge in [-0.05, 0) is 6.07 Å². The first kappa shape index (κ1) is 13.3. The average molecular weight is 281 g/mol. The van der Waals surface area contributed by atoms with Crippen molar-refractivity contribution in [1.29, 1.82) is 0 Å². The third-order valence-corrected chi connectivity index (χ3v) is 3.50. The molecule has 2 heterocycles. The molecule has 1 amide bonds. The molecular weight excluding hydrogens is 266 g/mol. The highest BCUT2D eigenvalue weighted by Crippen LogP contribution is 2.29. The van der Waals surface area contributed by atoms with E-state index in [1.54, 1.807) is 20.2 Å². The molecule has 0 radical (unpaired) electrons. The van der Waals surface area contributed by atoms with Crippen molar-refractivity contribution in [2.45, 2.75) is 6.42 Å². The highest BCUT2D eigenvalue weighted by molar-refractivity contribution is 7.18. The minimum Gasteiger partial charge on any atom is -0.397 e. The number of aromatic nitrogens is 2. The van der Waals surface area contributed by atoms with E-state index < -0.39 is 0 Å². The third kappa shape index (κ3) is 3.22. The van der Waals surface area contributed by atoms with Crippen molar-refractivity contribution in [3.8, 4) is 0 Å². The van der Waals surface area contributed by atoms with Crippen LogP contribution in [0.2, 0.25) is 0 Å². The van der Waals surface area contributed by atoms with E-state index in [1.165, 1.54) is 22.6 Å². The predicted molar refractivity (Wildman–Crippen MR) is 73.2 cm³/mol. The molecule has 0 saturated heterocycles. The first-order valence-corrected chi connectivity index (χ1v) is 6.50. The number of hydrogen-bond donors (Lipinski definition) is 2. The Hall–Kier alpha value is -2.09. The summed E-state index contributed by atoms with van der Waals surface area (Å²) in [6.07, 6.45) is 1.99. The molecule has 0 aliphatic heterocycles. The molecule has 0 unspecified atom stereocenters. The van der Waals surface area contributed by atoms with Gasteiger partial charge in [0.15, 0.2) is 6.33 Å². The first-order valence-electron chi connectivity index (χ1n) is 5.68. The summed E-state index contributed by atoms with van der Waals surface area (Å²) in [7, 11) is 3.40. The van der Waals surface area contributed by atoms with Crippen LogP contribution in [0.3, 0.4) is 0 Å². The zero-order chi connectivity index (χ0) is 13.8. The van der Waals surface area contributed by atoms with E-state index in [9.17, 15) is 4.79 Å². The highest BCUT2D eigenvalue weighted by Gasteiger charge is 2.15. The molecule has 8 heteroatoms. The number of anilines is 2. The third-order valence-electron chi connectivity index (χ3n) is 2.41. The Labute approximate surface area is 114 Å². The van der Waals surface area contributed by atoms with Crippen LogP contribution >= 0.6 is 11.3 Å². The summed E-state index contributed by atoms with van der Waals surface area (Å²) < 4.78 is 4.89. The quantitative estimate of drug-likeness (QED) is 0.850. The number of thiophene rings is 1. The van der Waals surface area contributed by atoms with Crippen LogP contribution in [0.5, 0.6) is 0 Å². The molecule has 0 spiro atoms. The normalized spacial score (nSPS) is 10.4. The van der Waals surface area contributed by atoms with Crippen molar-refractivity contribution in [2.24, 2.45) is 0 Å². The highest BCUT2D eigenvalue weighted by atomic mass is 32.1. The lowest BCUT2D eigenvalue weighted by Gasteiger charge is -2.08. The summed E-state index contributed by atoms with van der Waals surface area (Å²) in [5, 5.41) is 7.55. The van der Waals surface area contributed by atoms with Crippen LogP contribution in [-0.4, -0.2) is 41.6 Å². The van der Waals surface area contributed by atoms with Crippen LogP contribution in [-0.2, 0) is 6.42 Å². The summed E-state index contributed by atoms with van der Waals surface area (Å²) in [4.78, 5) is 17.8. The van der Waals surface area contributed by atoms with Crippen LogP contribution in [0.15, 0.2) is 16.9 Å². The molecule has 0 fully saturated rings. The van der Waals surface area contributed by atoms with E-state index >= 15 is 0 Å². The van der Waals surface area contributed by atoms with Gasteiger partial charge in [-0.2, -0.15) is 4.98 Å². The van der Waals surface area contributed by atoms with Crippen LogP contribution in [0, 0.1) is 0 Å². The van der Waals surface area contributed by atoms with Crippen LogP contribution in [0.4, 0.5) is 10.7 Å². The van der Waals surface area contributed by atoms with Crippen LogP contribution in [0.1, 0.15) is 15.6 Å². The molecule has 0 aromatic carbocycles. The molecule has 2 rings (SSSR count). The van der Waals surface area contributed by atoms with E-state index in [4.69, 9.17) is 10.3 Å². The monoisotopic (exact) mass is 281 g/mol. The SMILES string of the molecule is CN(C)C(=O)c1sc(NCCc2ncno2)cc1N. The fourth-order valence-electron chi connectivity index (χ4n) is 1.46. The smallest absolute Gasteiger partial charge is 0.265 e. The minimum atomic E-state index is -0.0903. The van der Waals surface area contributed by atoms with Crippen molar-refractivity contribution in [3.63, 3.8) is 0 Å². The number of carbonyl (C=O) groups is 1. The number of hydrogen-bond acceptors (Lipinski definition) is 7. The van der Waals surface area contributed by atoms with Gasteiger partial charge in [0.05, 0.1) is 10.7 Å². The van der Waals surface area contributed by atoms with Gasteiger partial charge >= 0.3 is 0 Å². The van der Waals surface area contributed by atoms with E-state index in [2.05, 4.69) is 15.5 Å². The summed E-state index contributed by atoms with van der Waals surface area (Å²) in [5.41, 5.74) is 6.32. The molecule has 0 bridgehead atoms. The van der Waals surface area contributed by atoms with Gasteiger partial charge < -0.3 is 20.5 Å². The van der Waals surface area contributed by atoms with Gasteiger partial charge in [-0.3, -0.25) is 4.79 Å². The molecule has 7 nitrogen and oxygen atoms in total. The van der Waals surface area contributed by atoms with Crippen LogP contribution < -0.4 is 11.1 Å². The molecule has 19 heavy (non-hydrogen) atoms. The Balaban J connectivity index is 1.94. The second kappa shape index (κ2) is 5.70. The predicted octanol–water partition coefficient (Wildman–Crippen LogP) is 1.07. The van der Waals surface area contributed by atoms with Gasteiger partial charge in [0, 0.05) is 27.1 Å². The van der Waals surface area contributed by atoms with E-state index in [0.717, 1.165) is 5.00 Å². The fraction of sp³-hybridized carbons (Fsp3) is 0.364. The van der Waals surface area contributed by atoms with Gasteiger partial charge in [-0.15, -0.1) is 11.3 Å².